The van der Waals surface area contributed by atoms with E-state index in [0.29, 0.717) is 6.10 Å². The SMILES string of the molecule is CC1CC(N2CCCC(C3CCCN3)C2)CCO1. The molecular formula is C15H28N2O. The Morgan fingerprint density at radius 2 is 2.11 bits per heavy atom. The van der Waals surface area contributed by atoms with Gasteiger partial charge >= 0.3 is 0 Å². The second-order valence-corrected chi connectivity index (χ2v) is 6.46. The van der Waals surface area contributed by atoms with E-state index in [0.717, 1.165) is 24.6 Å². The number of hydrogen-bond donors (Lipinski definition) is 1. The van der Waals surface area contributed by atoms with Gasteiger partial charge in [-0.15, -0.1) is 0 Å². The lowest BCUT2D eigenvalue weighted by Crippen LogP contribution is -2.49. The number of likely N-dealkylation sites (tertiary alicyclic amines) is 1. The van der Waals surface area contributed by atoms with Gasteiger partial charge in [-0.1, -0.05) is 0 Å². The summed E-state index contributed by atoms with van der Waals surface area (Å²) in [6.07, 6.45) is 8.58. The predicted molar refractivity (Wildman–Crippen MR) is 73.8 cm³/mol. The van der Waals surface area contributed by atoms with E-state index in [1.54, 1.807) is 0 Å². The van der Waals surface area contributed by atoms with E-state index in [9.17, 15) is 0 Å². The summed E-state index contributed by atoms with van der Waals surface area (Å²) in [5, 5.41) is 3.71. The highest BCUT2D eigenvalue weighted by Crippen LogP contribution is 2.28. The molecule has 3 heterocycles. The van der Waals surface area contributed by atoms with Gasteiger partial charge in [-0.3, -0.25) is 4.90 Å². The molecule has 0 aliphatic carbocycles. The van der Waals surface area contributed by atoms with Crippen molar-refractivity contribution in [2.24, 2.45) is 5.92 Å². The maximum Gasteiger partial charge on any atom is 0.0561 e. The largest absolute Gasteiger partial charge is 0.378 e. The monoisotopic (exact) mass is 252 g/mol. The molecule has 0 aromatic heterocycles. The summed E-state index contributed by atoms with van der Waals surface area (Å²) in [5.41, 5.74) is 0. The summed E-state index contributed by atoms with van der Waals surface area (Å²) in [6, 6.07) is 1.60. The van der Waals surface area contributed by atoms with Crippen LogP contribution in [0.15, 0.2) is 0 Å². The normalized spacial score (nSPS) is 43.2. The van der Waals surface area contributed by atoms with Crippen LogP contribution in [-0.4, -0.2) is 49.3 Å². The Morgan fingerprint density at radius 3 is 2.89 bits per heavy atom. The van der Waals surface area contributed by atoms with Crippen LogP contribution in [0.25, 0.3) is 0 Å². The second-order valence-electron chi connectivity index (χ2n) is 6.46. The lowest BCUT2D eigenvalue weighted by atomic mass is 9.88. The highest BCUT2D eigenvalue weighted by atomic mass is 16.5. The highest BCUT2D eigenvalue weighted by molar-refractivity contribution is 4.89. The zero-order valence-corrected chi connectivity index (χ0v) is 11.7. The molecule has 3 saturated heterocycles. The standard InChI is InChI=1S/C15H28N2O/c1-12-10-14(6-9-18-12)17-8-3-4-13(11-17)15-5-2-7-16-15/h12-16H,2-11H2,1H3. The van der Waals surface area contributed by atoms with Crippen molar-refractivity contribution in [3.63, 3.8) is 0 Å². The first-order valence-electron chi connectivity index (χ1n) is 7.92. The van der Waals surface area contributed by atoms with Crippen LogP contribution in [0.5, 0.6) is 0 Å². The number of nitrogens with zero attached hydrogens (tertiary/aromatic N) is 1. The summed E-state index contributed by atoms with van der Waals surface area (Å²) in [7, 11) is 0. The average molecular weight is 252 g/mol. The number of hydrogen-bond acceptors (Lipinski definition) is 3. The van der Waals surface area contributed by atoms with E-state index in [1.807, 2.05) is 0 Å². The Balaban J connectivity index is 1.55. The number of piperidine rings is 1. The Morgan fingerprint density at radius 1 is 1.17 bits per heavy atom. The Bertz CT molecular complexity index is 265. The van der Waals surface area contributed by atoms with E-state index in [4.69, 9.17) is 4.74 Å². The van der Waals surface area contributed by atoms with Gasteiger partial charge in [0.2, 0.25) is 0 Å². The molecular weight excluding hydrogens is 224 g/mol. The van der Waals surface area contributed by atoms with E-state index < -0.39 is 0 Å². The first kappa shape index (κ1) is 12.9. The lowest BCUT2D eigenvalue weighted by Gasteiger charge is -2.42. The second kappa shape index (κ2) is 5.89. The quantitative estimate of drug-likeness (QED) is 0.814. The zero-order chi connectivity index (χ0) is 12.4. The first-order valence-corrected chi connectivity index (χ1v) is 7.92. The van der Waals surface area contributed by atoms with Gasteiger partial charge in [0, 0.05) is 25.2 Å². The van der Waals surface area contributed by atoms with Gasteiger partial charge in [-0.2, -0.15) is 0 Å². The number of nitrogens with one attached hydrogen (secondary N) is 1. The van der Waals surface area contributed by atoms with Crippen LogP contribution in [0.3, 0.4) is 0 Å². The molecule has 0 aromatic carbocycles. The van der Waals surface area contributed by atoms with Gasteiger partial charge in [0.25, 0.3) is 0 Å². The minimum atomic E-state index is 0.466. The molecule has 3 aliphatic heterocycles. The Labute approximate surface area is 111 Å². The minimum absolute atomic E-state index is 0.466. The molecule has 0 radical (unpaired) electrons. The van der Waals surface area contributed by atoms with Crippen molar-refractivity contribution < 1.29 is 4.74 Å². The maximum atomic E-state index is 5.69. The first-order chi connectivity index (χ1) is 8.83. The summed E-state index contributed by atoms with van der Waals surface area (Å²) >= 11 is 0. The summed E-state index contributed by atoms with van der Waals surface area (Å²) in [5.74, 6) is 0.902. The zero-order valence-electron chi connectivity index (χ0n) is 11.7. The molecule has 0 amide bonds. The molecule has 0 aromatic rings. The minimum Gasteiger partial charge on any atom is -0.378 e. The van der Waals surface area contributed by atoms with Crippen LogP contribution < -0.4 is 5.32 Å². The molecule has 4 unspecified atom stereocenters. The number of rotatable bonds is 2. The smallest absolute Gasteiger partial charge is 0.0561 e. The molecule has 3 nitrogen and oxygen atoms in total. The molecule has 18 heavy (non-hydrogen) atoms. The molecule has 3 rings (SSSR count). The van der Waals surface area contributed by atoms with Gasteiger partial charge in [0.05, 0.1) is 6.10 Å². The van der Waals surface area contributed by atoms with Crippen molar-refractivity contribution in [3.8, 4) is 0 Å². The van der Waals surface area contributed by atoms with E-state index in [1.165, 1.54) is 58.2 Å². The number of ether oxygens (including phenoxy) is 1. The summed E-state index contributed by atoms with van der Waals surface area (Å²) in [6.45, 7) is 7.09. The van der Waals surface area contributed by atoms with Crippen molar-refractivity contribution in [1.82, 2.24) is 10.2 Å². The summed E-state index contributed by atoms with van der Waals surface area (Å²) in [4.78, 5) is 2.77. The maximum absolute atomic E-state index is 5.69. The third kappa shape index (κ3) is 2.89. The van der Waals surface area contributed by atoms with Crippen molar-refractivity contribution in [2.45, 2.75) is 63.6 Å². The van der Waals surface area contributed by atoms with Gasteiger partial charge in [-0.25, -0.2) is 0 Å². The van der Waals surface area contributed by atoms with Crippen LogP contribution in [-0.2, 0) is 4.74 Å². The van der Waals surface area contributed by atoms with Crippen LogP contribution in [0, 0.1) is 5.92 Å². The van der Waals surface area contributed by atoms with Crippen molar-refractivity contribution in [2.75, 3.05) is 26.2 Å². The van der Waals surface area contributed by atoms with Crippen molar-refractivity contribution in [3.05, 3.63) is 0 Å². The van der Waals surface area contributed by atoms with Gasteiger partial charge in [0.1, 0.15) is 0 Å². The Kier molecular flexibility index (Phi) is 4.22. The average Bonchev–Trinajstić information content (AvgIpc) is 2.93. The van der Waals surface area contributed by atoms with Gasteiger partial charge in [-0.05, 0) is 64.5 Å². The molecule has 1 N–H and O–H groups in total. The molecule has 4 atom stereocenters. The fourth-order valence-electron chi connectivity index (χ4n) is 4.12. The molecule has 104 valence electrons. The lowest BCUT2D eigenvalue weighted by molar-refractivity contribution is -0.0283. The van der Waals surface area contributed by atoms with Gasteiger partial charge < -0.3 is 10.1 Å². The molecule has 0 spiro atoms. The van der Waals surface area contributed by atoms with E-state index in [2.05, 4.69) is 17.1 Å². The van der Waals surface area contributed by atoms with Crippen molar-refractivity contribution >= 4 is 0 Å². The topological polar surface area (TPSA) is 24.5 Å². The van der Waals surface area contributed by atoms with Crippen LogP contribution in [0.4, 0.5) is 0 Å². The molecule has 3 fully saturated rings. The van der Waals surface area contributed by atoms with E-state index in [-0.39, 0.29) is 0 Å². The third-order valence-electron chi connectivity index (χ3n) is 5.13. The third-order valence-corrected chi connectivity index (χ3v) is 5.13. The van der Waals surface area contributed by atoms with Gasteiger partial charge in [0.15, 0.2) is 0 Å². The fraction of sp³-hybridized carbons (Fsp3) is 1.00. The van der Waals surface area contributed by atoms with Crippen LogP contribution in [0.2, 0.25) is 0 Å². The fourth-order valence-corrected chi connectivity index (χ4v) is 4.12. The summed E-state index contributed by atoms with van der Waals surface area (Å²) < 4.78 is 5.69. The highest BCUT2D eigenvalue weighted by Gasteiger charge is 2.33. The predicted octanol–water partition coefficient (Wildman–Crippen LogP) is 2.02. The molecule has 0 saturated carbocycles. The Hall–Kier alpha value is -0.120. The van der Waals surface area contributed by atoms with Crippen LogP contribution >= 0.6 is 0 Å². The molecule has 0 bridgehead atoms. The van der Waals surface area contributed by atoms with E-state index >= 15 is 0 Å². The molecule has 3 heteroatoms. The molecule has 3 aliphatic rings. The van der Waals surface area contributed by atoms with Crippen LogP contribution in [0.1, 0.15) is 45.4 Å². The van der Waals surface area contributed by atoms with Crippen molar-refractivity contribution in [1.29, 1.82) is 0 Å².